The summed E-state index contributed by atoms with van der Waals surface area (Å²) in [6.07, 6.45) is 2.32. The van der Waals surface area contributed by atoms with Crippen molar-refractivity contribution in [1.29, 1.82) is 0 Å². The Morgan fingerprint density at radius 2 is 1.90 bits per heavy atom. The molecule has 1 aromatic heterocycles. The molecule has 0 radical (unpaired) electrons. The van der Waals surface area contributed by atoms with Crippen LogP contribution < -0.4 is 0 Å². The normalized spacial score (nSPS) is 27.4. The summed E-state index contributed by atoms with van der Waals surface area (Å²) in [7, 11) is 1.63. The van der Waals surface area contributed by atoms with Gasteiger partial charge in [0.05, 0.1) is 18.9 Å². The van der Waals surface area contributed by atoms with Crippen LogP contribution in [0.3, 0.4) is 0 Å². The summed E-state index contributed by atoms with van der Waals surface area (Å²) >= 11 is 0. The Morgan fingerprint density at radius 3 is 2.60 bits per heavy atom. The summed E-state index contributed by atoms with van der Waals surface area (Å²) in [5.41, 5.74) is 2.98. The van der Waals surface area contributed by atoms with E-state index in [-0.39, 0.29) is 18.0 Å². The van der Waals surface area contributed by atoms with Gasteiger partial charge in [-0.2, -0.15) is 0 Å². The van der Waals surface area contributed by atoms with Crippen LogP contribution in [0.15, 0.2) is 36.4 Å². The fraction of sp³-hybridized carbons (Fsp3) is 0.478. The lowest BCUT2D eigenvalue weighted by molar-refractivity contribution is -0.227. The highest BCUT2D eigenvalue weighted by molar-refractivity contribution is 5.66. The third-order valence-corrected chi connectivity index (χ3v) is 5.80. The number of methoxy groups -OCH3 is 1. The lowest BCUT2D eigenvalue weighted by Crippen LogP contribution is -2.51. The zero-order valence-electron chi connectivity index (χ0n) is 17.8. The van der Waals surface area contributed by atoms with Gasteiger partial charge in [0.15, 0.2) is 6.10 Å². The highest BCUT2D eigenvalue weighted by atomic mass is 16.6. The van der Waals surface area contributed by atoms with E-state index in [4.69, 9.17) is 23.9 Å². The molecule has 7 nitrogen and oxygen atoms in total. The summed E-state index contributed by atoms with van der Waals surface area (Å²) in [5.74, 6) is 0.344. The second kappa shape index (κ2) is 8.71. The van der Waals surface area contributed by atoms with Crippen molar-refractivity contribution in [2.75, 3.05) is 20.3 Å². The van der Waals surface area contributed by atoms with E-state index in [0.717, 1.165) is 22.8 Å². The largest absolute Gasteiger partial charge is 0.457 e. The first-order valence-corrected chi connectivity index (χ1v) is 10.2. The number of imidazole rings is 1. The van der Waals surface area contributed by atoms with E-state index >= 15 is 0 Å². The number of carbonyl (C=O) groups excluding carboxylic acids is 1. The van der Waals surface area contributed by atoms with Crippen LogP contribution in [0, 0.1) is 19.8 Å². The number of benzene rings is 1. The predicted molar refractivity (Wildman–Crippen MR) is 111 cm³/mol. The van der Waals surface area contributed by atoms with Gasteiger partial charge in [0.2, 0.25) is 0 Å². The van der Waals surface area contributed by atoms with Crippen LogP contribution in [-0.4, -0.2) is 48.1 Å². The topological polar surface area (TPSA) is 71.8 Å². The van der Waals surface area contributed by atoms with Gasteiger partial charge in [-0.25, -0.2) is 4.98 Å². The molecule has 2 aromatic rings. The Morgan fingerprint density at radius 1 is 1.13 bits per heavy atom. The molecule has 0 bridgehead atoms. The van der Waals surface area contributed by atoms with Crippen LogP contribution in [0.25, 0.3) is 6.20 Å². The third kappa shape index (κ3) is 3.80. The van der Waals surface area contributed by atoms with Crippen LogP contribution in [0.5, 0.6) is 0 Å². The van der Waals surface area contributed by atoms with Crippen molar-refractivity contribution < 1.29 is 23.7 Å². The Balaban J connectivity index is 1.76. The quantitative estimate of drug-likeness (QED) is 0.535. The van der Waals surface area contributed by atoms with Gasteiger partial charge < -0.3 is 23.5 Å². The number of ether oxygens (including phenoxy) is 4. The number of nitrogens with zero attached hydrogens (tertiary/aromatic N) is 2. The standard InChI is InChI=1S/C23H28N2O5/c1-14-15(2)25-11-10-18-20(28-13-12-27-4)22(29-16(3)26)19(17-8-6-5-7-9-17)30-21(18)23(25)24-14/h5-11,18-22H,12-13H2,1-4H3. The molecule has 1 saturated heterocycles. The minimum absolute atomic E-state index is 0.139. The molecule has 0 N–H and O–H groups in total. The second-order valence-corrected chi connectivity index (χ2v) is 7.72. The van der Waals surface area contributed by atoms with Gasteiger partial charge in [0, 0.05) is 31.8 Å². The Bertz CT molecular complexity index is 923. The Hall–Kier alpha value is -2.48. The van der Waals surface area contributed by atoms with Gasteiger partial charge in [0.25, 0.3) is 0 Å². The molecule has 0 aliphatic carbocycles. The monoisotopic (exact) mass is 412 g/mol. The minimum atomic E-state index is -0.587. The van der Waals surface area contributed by atoms with Gasteiger partial charge in [-0.15, -0.1) is 0 Å². The van der Waals surface area contributed by atoms with Crippen molar-refractivity contribution >= 4 is 12.2 Å². The van der Waals surface area contributed by atoms with E-state index in [1.54, 1.807) is 7.11 Å². The van der Waals surface area contributed by atoms with E-state index in [1.165, 1.54) is 6.92 Å². The molecule has 1 aromatic carbocycles. The van der Waals surface area contributed by atoms with Crippen molar-refractivity contribution in [2.24, 2.45) is 5.92 Å². The number of rotatable bonds is 6. The number of aromatic nitrogens is 2. The van der Waals surface area contributed by atoms with E-state index in [1.807, 2.05) is 50.4 Å². The first-order valence-electron chi connectivity index (χ1n) is 10.2. The molecule has 160 valence electrons. The number of hydrogen-bond acceptors (Lipinski definition) is 6. The maximum Gasteiger partial charge on any atom is 0.303 e. The molecule has 0 amide bonds. The summed E-state index contributed by atoms with van der Waals surface area (Å²) in [4.78, 5) is 16.8. The molecule has 1 fully saturated rings. The molecule has 2 aliphatic heterocycles. The smallest absolute Gasteiger partial charge is 0.303 e. The summed E-state index contributed by atoms with van der Waals surface area (Å²) < 4.78 is 25.9. The zero-order chi connectivity index (χ0) is 21.3. The average molecular weight is 412 g/mol. The maximum absolute atomic E-state index is 12.0. The van der Waals surface area contributed by atoms with E-state index in [2.05, 4.69) is 10.6 Å². The van der Waals surface area contributed by atoms with Gasteiger partial charge in [-0.3, -0.25) is 4.79 Å². The molecule has 0 spiro atoms. The Kier molecular flexibility index (Phi) is 6.04. The molecule has 2 aliphatic rings. The van der Waals surface area contributed by atoms with Crippen LogP contribution in [0.2, 0.25) is 0 Å². The van der Waals surface area contributed by atoms with Gasteiger partial charge in [0.1, 0.15) is 24.1 Å². The number of hydrogen-bond donors (Lipinski definition) is 0. The highest BCUT2D eigenvalue weighted by Gasteiger charge is 2.50. The molecule has 0 saturated carbocycles. The second-order valence-electron chi connectivity index (χ2n) is 7.72. The van der Waals surface area contributed by atoms with Crippen molar-refractivity contribution in [1.82, 2.24) is 9.55 Å². The Labute approximate surface area is 176 Å². The summed E-state index contributed by atoms with van der Waals surface area (Å²) in [6, 6.07) is 9.81. The fourth-order valence-electron chi connectivity index (χ4n) is 4.27. The van der Waals surface area contributed by atoms with Crippen molar-refractivity contribution in [2.45, 2.75) is 45.2 Å². The summed E-state index contributed by atoms with van der Waals surface area (Å²) in [5, 5.41) is 0. The number of fused-ring (bicyclic) bond motifs is 3. The predicted octanol–water partition coefficient (Wildman–Crippen LogP) is 3.38. The average Bonchev–Trinajstić information content (AvgIpc) is 3.03. The minimum Gasteiger partial charge on any atom is -0.457 e. The third-order valence-electron chi connectivity index (χ3n) is 5.80. The van der Waals surface area contributed by atoms with E-state index in [0.29, 0.717) is 13.2 Å². The molecule has 7 heteroatoms. The van der Waals surface area contributed by atoms with Gasteiger partial charge in [-0.1, -0.05) is 36.4 Å². The maximum atomic E-state index is 12.0. The van der Waals surface area contributed by atoms with Crippen LogP contribution in [0.4, 0.5) is 0 Å². The molecule has 5 unspecified atom stereocenters. The number of aryl methyl sites for hydroxylation is 1. The van der Waals surface area contributed by atoms with Crippen molar-refractivity contribution in [3.63, 3.8) is 0 Å². The van der Waals surface area contributed by atoms with Crippen LogP contribution in [-0.2, 0) is 23.7 Å². The van der Waals surface area contributed by atoms with Gasteiger partial charge in [-0.05, 0) is 19.4 Å². The first kappa shape index (κ1) is 20.8. The summed E-state index contributed by atoms with van der Waals surface area (Å²) in [6.45, 7) is 6.30. The molecular formula is C23H28N2O5. The molecule has 3 heterocycles. The van der Waals surface area contributed by atoms with Crippen LogP contribution in [0.1, 0.15) is 41.9 Å². The van der Waals surface area contributed by atoms with Crippen molar-refractivity contribution in [3.8, 4) is 0 Å². The lowest BCUT2D eigenvalue weighted by Gasteiger charge is -2.46. The van der Waals surface area contributed by atoms with Gasteiger partial charge >= 0.3 is 5.97 Å². The zero-order valence-corrected chi connectivity index (χ0v) is 17.8. The lowest BCUT2D eigenvalue weighted by atomic mass is 9.82. The van der Waals surface area contributed by atoms with E-state index in [9.17, 15) is 4.79 Å². The molecule has 5 atom stereocenters. The highest BCUT2D eigenvalue weighted by Crippen LogP contribution is 2.47. The molecular weight excluding hydrogens is 384 g/mol. The molecule has 30 heavy (non-hydrogen) atoms. The number of carbonyl (C=O) groups is 1. The van der Waals surface area contributed by atoms with Crippen LogP contribution >= 0.6 is 0 Å². The number of esters is 1. The van der Waals surface area contributed by atoms with Crippen molar-refractivity contribution in [3.05, 3.63) is 59.2 Å². The van der Waals surface area contributed by atoms with E-state index < -0.39 is 18.3 Å². The first-order chi connectivity index (χ1) is 14.5. The fourth-order valence-corrected chi connectivity index (χ4v) is 4.27. The SMILES string of the molecule is COCCOC1C2C=Cn3c(nc(C)c3C)C2OC(c2ccccc2)C1OC(C)=O. The molecule has 4 rings (SSSR count).